The number of rotatable bonds is 2. The lowest BCUT2D eigenvalue weighted by Crippen LogP contribution is -1.89. The highest BCUT2D eigenvalue weighted by Crippen LogP contribution is 2.46. The zero-order chi connectivity index (χ0) is 31.3. The summed E-state index contributed by atoms with van der Waals surface area (Å²) in [6.07, 6.45) is 7.69. The third-order valence-electron chi connectivity index (χ3n) is 9.96. The minimum absolute atomic E-state index is 1.13. The van der Waals surface area contributed by atoms with Crippen LogP contribution in [-0.4, -0.2) is 9.97 Å². The molecule has 0 amide bonds. The van der Waals surface area contributed by atoms with Gasteiger partial charge in [-0.3, -0.25) is 9.97 Å². The summed E-state index contributed by atoms with van der Waals surface area (Å²) in [6.45, 7) is 0. The molecule has 48 heavy (non-hydrogen) atoms. The molecular weight excluding hydrogens is 621 g/mol. The predicted molar refractivity (Wildman–Crippen MR) is 209 cm³/mol. The van der Waals surface area contributed by atoms with Gasteiger partial charge in [0.15, 0.2) is 0 Å². The highest BCUT2D eigenvalue weighted by atomic mass is 32.1. The summed E-state index contributed by atoms with van der Waals surface area (Å²) in [5.41, 5.74) is 4.69. The first-order valence-electron chi connectivity index (χ1n) is 16.1. The molecule has 0 aliphatic heterocycles. The van der Waals surface area contributed by atoms with Crippen LogP contribution >= 0.6 is 22.7 Å². The maximum atomic E-state index is 4.52. The van der Waals surface area contributed by atoms with Gasteiger partial charge in [0.25, 0.3) is 0 Å². The molecule has 0 unspecified atom stereocenters. The van der Waals surface area contributed by atoms with E-state index in [1.807, 2.05) is 59.6 Å². The average molecular weight is 645 g/mol. The third-order valence-corrected chi connectivity index (χ3v) is 12.2. The molecule has 0 aliphatic rings. The zero-order valence-corrected chi connectivity index (χ0v) is 27.2. The quantitative estimate of drug-likeness (QED) is 0.138. The number of thiophene rings is 2. The van der Waals surface area contributed by atoms with Crippen molar-refractivity contribution in [1.29, 1.82) is 0 Å². The van der Waals surface area contributed by atoms with E-state index in [9.17, 15) is 0 Å². The molecule has 4 aromatic heterocycles. The fourth-order valence-corrected chi connectivity index (χ4v) is 10.0. The zero-order valence-electron chi connectivity index (χ0n) is 25.6. The maximum Gasteiger partial charge on any atom is 0.0362 e. The number of hydrogen-bond donors (Lipinski definition) is 0. The number of nitrogens with zero attached hydrogens (tertiary/aromatic N) is 2. The van der Waals surface area contributed by atoms with Crippen LogP contribution in [0.2, 0.25) is 0 Å². The summed E-state index contributed by atoms with van der Waals surface area (Å²) in [4.78, 5) is 9.05. The van der Waals surface area contributed by atoms with Crippen LogP contribution in [-0.2, 0) is 0 Å². The molecule has 0 N–H and O–H groups in total. The minimum atomic E-state index is 1.13. The third kappa shape index (κ3) is 3.79. The Labute approximate surface area is 283 Å². The fourth-order valence-electron chi connectivity index (χ4n) is 7.76. The molecule has 11 rings (SSSR count). The van der Waals surface area contributed by atoms with Gasteiger partial charge < -0.3 is 0 Å². The van der Waals surface area contributed by atoms with Crippen LogP contribution in [0.1, 0.15) is 0 Å². The summed E-state index contributed by atoms with van der Waals surface area (Å²) in [5.74, 6) is 0. The van der Waals surface area contributed by atoms with Crippen molar-refractivity contribution in [2.45, 2.75) is 0 Å². The van der Waals surface area contributed by atoms with Crippen LogP contribution in [0.15, 0.2) is 146 Å². The van der Waals surface area contributed by atoms with E-state index in [0.29, 0.717) is 0 Å². The standard InChI is InChI=1S/C44H24N2S2/c1-3-11-41-29(9-1)39-19-35-31(25-7-5-13-45-23-25)15-27-18-34-28(17-33(27)37(35)21-43(39)47-41)16-32(26-8-6-14-46-24-26)36-20-40-30-10-2-4-12-42(30)48-44(40)22-38(34)36/h1-24H. The second kappa shape index (κ2) is 9.91. The monoisotopic (exact) mass is 644 g/mol. The van der Waals surface area contributed by atoms with E-state index in [4.69, 9.17) is 0 Å². The summed E-state index contributed by atoms with van der Waals surface area (Å²) >= 11 is 3.75. The van der Waals surface area contributed by atoms with Gasteiger partial charge >= 0.3 is 0 Å². The van der Waals surface area contributed by atoms with E-state index in [1.54, 1.807) is 0 Å². The molecule has 0 radical (unpaired) electrons. The molecule has 222 valence electrons. The molecule has 7 aromatic carbocycles. The van der Waals surface area contributed by atoms with Crippen LogP contribution in [0.4, 0.5) is 0 Å². The van der Waals surface area contributed by atoms with Gasteiger partial charge in [0.05, 0.1) is 0 Å². The van der Waals surface area contributed by atoms with E-state index in [1.165, 1.54) is 94.6 Å². The molecule has 2 nitrogen and oxygen atoms in total. The fraction of sp³-hybridized carbons (Fsp3) is 0. The topological polar surface area (TPSA) is 25.8 Å². The Balaban J connectivity index is 1.31. The number of hydrogen-bond acceptors (Lipinski definition) is 4. The predicted octanol–water partition coefficient (Wildman–Crippen LogP) is 13.2. The lowest BCUT2D eigenvalue weighted by atomic mass is 9.88. The molecule has 0 bridgehead atoms. The number of fused-ring (bicyclic) bond motifs is 12. The van der Waals surface area contributed by atoms with Crippen LogP contribution in [0.25, 0.3) is 106 Å². The van der Waals surface area contributed by atoms with E-state index in [0.717, 1.165) is 11.1 Å². The smallest absolute Gasteiger partial charge is 0.0362 e. The molecule has 0 aliphatic carbocycles. The van der Waals surface area contributed by atoms with Gasteiger partial charge in [-0.2, -0.15) is 0 Å². The van der Waals surface area contributed by atoms with Crippen molar-refractivity contribution in [3.8, 4) is 22.3 Å². The van der Waals surface area contributed by atoms with Gasteiger partial charge in [0, 0.05) is 76.3 Å². The maximum absolute atomic E-state index is 4.52. The first kappa shape index (κ1) is 26.4. The Bertz CT molecular complexity index is 2890. The van der Waals surface area contributed by atoms with Crippen LogP contribution in [0.3, 0.4) is 0 Å². The van der Waals surface area contributed by atoms with Gasteiger partial charge in [-0.05, 0) is 127 Å². The Morgan fingerprint density at radius 3 is 1.27 bits per heavy atom. The molecule has 0 spiro atoms. The number of aromatic nitrogens is 2. The van der Waals surface area contributed by atoms with Crippen molar-refractivity contribution in [1.82, 2.24) is 9.97 Å². The first-order chi connectivity index (χ1) is 23.8. The lowest BCUT2D eigenvalue weighted by Gasteiger charge is -2.15. The highest BCUT2D eigenvalue weighted by Gasteiger charge is 2.17. The van der Waals surface area contributed by atoms with E-state index in [-0.39, 0.29) is 0 Å². The van der Waals surface area contributed by atoms with E-state index in [2.05, 4.69) is 119 Å². The molecule has 4 heteroatoms. The van der Waals surface area contributed by atoms with E-state index >= 15 is 0 Å². The summed E-state index contributed by atoms with van der Waals surface area (Å²) in [6, 6.07) is 45.2. The lowest BCUT2D eigenvalue weighted by molar-refractivity contribution is 1.33. The Kier molecular flexibility index (Phi) is 5.45. The molecule has 0 saturated heterocycles. The van der Waals surface area contributed by atoms with Crippen molar-refractivity contribution in [3.05, 3.63) is 146 Å². The second-order valence-electron chi connectivity index (χ2n) is 12.6. The largest absolute Gasteiger partial charge is 0.264 e. The van der Waals surface area contributed by atoms with Crippen LogP contribution in [0.5, 0.6) is 0 Å². The molecule has 0 atom stereocenters. The number of pyridine rings is 2. The molecule has 0 saturated carbocycles. The van der Waals surface area contributed by atoms with Gasteiger partial charge in [0.1, 0.15) is 0 Å². The van der Waals surface area contributed by atoms with Crippen molar-refractivity contribution >= 4 is 106 Å². The van der Waals surface area contributed by atoms with Crippen molar-refractivity contribution in [2.24, 2.45) is 0 Å². The van der Waals surface area contributed by atoms with Crippen molar-refractivity contribution in [3.63, 3.8) is 0 Å². The normalized spacial score (nSPS) is 12.2. The molecule has 11 aromatic rings. The van der Waals surface area contributed by atoms with E-state index < -0.39 is 0 Å². The van der Waals surface area contributed by atoms with Crippen molar-refractivity contribution in [2.75, 3.05) is 0 Å². The summed E-state index contributed by atoms with van der Waals surface area (Å²) < 4.78 is 5.27. The Hall–Kier alpha value is -5.68. The SMILES string of the molecule is c1cncc(-c2cc3cc4c(cc(-c5cccnc5)c5cc6c(cc54)sc4ccccc46)cc3c3cc4sc5ccccc5c4cc23)c1. The second-order valence-corrected chi connectivity index (χ2v) is 14.8. The van der Waals surface area contributed by atoms with Gasteiger partial charge in [0.2, 0.25) is 0 Å². The summed E-state index contributed by atoms with van der Waals surface area (Å²) in [7, 11) is 0. The number of benzene rings is 7. The highest BCUT2D eigenvalue weighted by molar-refractivity contribution is 7.26. The summed E-state index contributed by atoms with van der Waals surface area (Å²) in [5, 5.41) is 15.3. The average Bonchev–Trinajstić information content (AvgIpc) is 3.70. The van der Waals surface area contributed by atoms with Crippen molar-refractivity contribution < 1.29 is 0 Å². The molecule has 0 fully saturated rings. The van der Waals surface area contributed by atoms with Gasteiger partial charge in [-0.15, -0.1) is 22.7 Å². The van der Waals surface area contributed by atoms with Crippen LogP contribution < -0.4 is 0 Å². The van der Waals surface area contributed by atoms with Gasteiger partial charge in [-0.1, -0.05) is 48.5 Å². The molecular formula is C44H24N2S2. The molecule has 4 heterocycles. The minimum Gasteiger partial charge on any atom is -0.264 e. The van der Waals surface area contributed by atoms with Crippen LogP contribution in [0, 0.1) is 0 Å². The van der Waals surface area contributed by atoms with Gasteiger partial charge in [-0.25, -0.2) is 0 Å². The Morgan fingerprint density at radius 1 is 0.333 bits per heavy atom. The first-order valence-corrected chi connectivity index (χ1v) is 17.7. The Morgan fingerprint density at radius 2 is 0.812 bits per heavy atom.